The Morgan fingerprint density at radius 1 is 1.36 bits per heavy atom. The molecule has 0 unspecified atom stereocenters. The third-order valence-electron chi connectivity index (χ3n) is 3.13. The van der Waals surface area contributed by atoms with Crippen LogP contribution in [0.15, 0.2) is 29.2 Å². The summed E-state index contributed by atoms with van der Waals surface area (Å²) in [6, 6.07) is 5.11. The Bertz CT molecular complexity index is 696. The topological polar surface area (TPSA) is 83.9 Å². The van der Waals surface area contributed by atoms with Crippen LogP contribution in [0.4, 0.5) is 17.6 Å². The Morgan fingerprint density at radius 2 is 2.00 bits per heavy atom. The number of benzene rings is 1. The molecule has 0 saturated heterocycles. The fraction of sp³-hybridized carbons (Fsp3) is 0.500. The quantitative estimate of drug-likeness (QED) is 0.623. The lowest BCUT2D eigenvalue weighted by molar-refractivity contribution is -0.168. The summed E-state index contributed by atoms with van der Waals surface area (Å²) in [5, 5.41) is 8.59. The predicted octanol–water partition coefficient (Wildman–Crippen LogP) is 2.20. The summed E-state index contributed by atoms with van der Waals surface area (Å²) in [4.78, 5) is 10.3. The first kappa shape index (κ1) is 21.3. The zero-order valence-corrected chi connectivity index (χ0v) is 14.0. The van der Waals surface area contributed by atoms with Gasteiger partial charge in [0.1, 0.15) is 6.61 Å². The molecule has 0 aliphatic rings. The van der Waals surface area contributed by atoms with Crippen LogP contribution >= 0.6 is 0 Å². The average molecular weight is 387 g/mol. The maximum atomic E-state index is 12.7. The van der Waals surface area contributed by atoms with Crippen molar-refractivity contribution in [3.8, 4) is 0 Å². The number of hydrogen-bond donors (Lipinski definition) is 1. The minimum Gasteiger partial charge on any atom is -0.481 e. The highest BCUT2D eigenvalue weighted by molar-refractivity contribution is 7.89. The minimum atomic E-state index is -4.29. The second-order valence-corrected chi connectivity index (χ2v) is 7.22. The van der Waals surface area contributed by atoms with E-state index in [4.69, 9.17) is 5.11 Å². The Hall–Kier alpha value is -1.72. The Kier molecular flexibility index (Phi) is 7.32. The molecule has 0 aliphatic heterocycles. The molecule has 1 N–H and O–H groups in total. The molecule has 0 atom stereocenters. The summed E-state index contributed by atoms with van der Waals surface area (Å²) < 4.78 is 79.5. The van der Waals surface area contributed by atoms with Crippen molar-refractivity contribution in [2.24, 2.45) is 0 Å². The van der Waals surface area contributed by atoms with Crippen LogP contribution in [0, 0.1) is 0 Å². The molecule has 0 spiro atoms. The summed E-state index contributed by atoms with van der Waals surface area (Å²) in [6.45, 7) is -2.23. The van der Waals surface area contributed by atoms with Crippen molar-refractivity contribution in [1.82, 2.24) is 4.31 Å². The van der Waals surface area contributed by atoms with Crippen LogP contribution in [0.5, 0.6) is 0 Å². The number of carbonyl (C=O) groups is 1. The number of aliphatic carboxylic acids is 1. The van der Waals surface area contributed by atoms with E-state index in [0.29, 0.717) is 0 Å². The van der Waals surface area contributed by atoms with Gasteiger partial charge in [-0.25, -0.2) is 21.5 Å². The lowest BCUT2D eigenvalue weighted by Crippen LogP contribution is -2.32. The van der Waals surface area contributed by atoms with Gasteiger partial charge in [0.05, 0.1) is 17.9 Å². The molecule has 0 amide bonds. The molecular formula is C14H17F4NO5S. The van der Waals surface area contributed by atoms with Gasteiger partial charge in [0.15, 0.2) is 0 Å². The van der Waals surface area contributed by atoms with E-state index in [2.05, 4.69) is 4.74 Å². The van der Waals surface area contributed by atoms with E-state index in [9.17, 15) is 30.8 Å². The van der Waals surface area contributed by atoms with Gasteiger partial charge in [0.2, 0.25) is 10.0 Å². The van der Waals surface area contributed by atoms with Crippen LogP contribution in [0.1, 0.15) is 12.0 Å². The molecule has 142 valence electrons. The van der Waals surface area contributed by atoms with Crippen molar-refractivity contribution < 1.29 is 40.6 Å². The van der Waals surface area contributed by atoms with E-state index in [0.717, 1.165) is 10.4 Å². The molecule has 0 saturated carbocycles. The molecule has 1 rings (SSSR count). The third kappa shape index (κ3) is 6.25. The van der Waals surface area contributed by atoms with Gasteiger partial charge in [-0.15, -0.1) is 0 Å². The fourth-order valence-corrected chi connectivity index (χ4v) is 2.96. The Balaban J connectivity index is 2.78. The number of nitrogens with zero attached hydrogens (tertiary/aromatic N) is 1. The van der Waals surface area contributed by atoms with Crippen molar-refractivity contribution in [2.45, 2.75) is 30.3 Å². The average Bonchev–Trinajstić information content (AvgIpc) is 2.52. The van der Waals surface area contributed by atoms with Gasteiger partial charge in [0.25, 0.3) is 0 Å². The molecule has 0 radical (unpaired) electrons. The van der Waals surface area contributed by atoms with E-state index in [1.54, 1.807) is 0 Å². The van der Waals surface area contributed by atoms with Gasteiger partial charge in [-0.2, -0.15) is 8.78 Å². The van der Waals surface area contributed by atoms with Crippen LogP contribution < -0.4 is 0 Å². The standard InChI is InChI=1S/C14H17F4NO5S/c1-19(6-5-12(20)21)25(22,23)11-4-2-3-10(7-11)8-24-9-14(17,18)13(15)16/h2-4,7,13H,5-6,8-9H2,1H3,(H,20,21). The van der Waals surface area contributed by atoms with Gasteiger partial charge < -0.3 is 9.84 Å². The highest BCUT2D eigenvalue weighted by Gasteiger charge is 2.40. The first-order valence-electron chi connectivity index (χ1n) is 6.97. The maximum Gasteiger partial charge on any atom is 0.330 e. The van der Waals surface area contributed by atoms with Crippen LogP contribution in [0.25, 0.3) is 0 Å². The molecule has 1 aromatic carbocycles. The number of halogens is 4. The summed E-state index contributed by atoms with van der Waals surface area (Å²) in [5.74, 6) is -5.45. The van der Waals surface area contributed by atoms with E-state index < -0.39 is 41.6 Å². The summed E-state index contributed by atoms with van der Waals surface area (Å²) in [6.07, 6.45) is -4.25. The maximum absolute atomic E-state index is 12.7. The lowest BCUT2D eigenvalue weighted by atomic mass is 10.2. The molecule has 0 aliphatic carbocycles. The van der Waals surface area contributed by atoms with Gasteiger partial charge in [-0.05, 0) is 17.7 Å². The van der Waals surface area contributed by atoms with Crippen LogP contribution in [-0.4, -0.2) is 56.3 Å². The zero-order chi connectivity index (χ0) is 19.3. The monoisotopic (exact) mass is 387 g/mol. The summed E-state index contributed by atoms with van der Waals surface area (Å²) in [7, 11) is -2.78. The molecule has 0 bridgehead atoms. The highest BCUT2D eigenvalue weighted by atomic mass is 32.2. The van der Waals surface area contributed by atoms with Gasteiger partial charge >= 0.3 is 18.3 Å². The predicted molar refractivity (Wildman–Crippen MR) is 79.1 cm³/mol. The minimum absolute atomic E-state index is 0.192. The van der Waals surface area contributed by atoms with Crippen molar-refractivity contribution in [2.75, 3.05) is 20.2 Å². The van der Waals surface area contributed by atoms with Crippen molar-refractivity contribution in [3.05, 3.63) is 29.8 Å². The van der Waals surface area contributed by atoms with Crippen LogP contribution in [0.3, 0.4) is 0 Å². The van der Waals surface area contributed by atoms with Gasteiger partial charge in [-0.3, -0.25) is 4.79 Å². The van der Waals surface area contributed by atoms with Crippen LogP contribution in [0.2, 0.25) is 0 Å². The van der Waals surface area contributed by atoms with E-state index >= 15 is 0 Å². The van der Waals surface area contributed by atoms with Gasteiger partial charge in [0, 0.05) is 13.6 Å². The highest BCUT2D eigenvalue weighted by Crippen LogP contribution is 2.23. The van der Waals surface area contributed by atoms with E-state index in [1.807, 2.05) is 0 Å². The number of hydrogen-bond acceptors (Lipinski definition) is 4. The molecular weight excluding hydrogens is 370 g/mol. The molecule has 0 fully saturated rings. The normalized spacial score (nSPS) is 12.8. The van der Waals surface area contributed by atoms with E-state index in [-0.39, 0.29) is 23.4 Å². The molecule has 11 heteroatoms. The number of carboxylic acid groups (broad SMARTS) is 1. The second kappa shape index (κ2) is 8.59. The second-order valence-electron chi connectivity index (χ2n) is 5.17. The third-order valence-corrected chi connectivity index (χ3v) is 4.98. The lowest BCUT2D eigenvalue weighted by Gasteiger charge is -2.17. The van der Waals surface area contributed by atoms with Crippen molar-refractivity contribution in [3.63, 3.8) is 0 Å². The number of carboxylic acids is 1. The van der Waals surface area contributed by atoms with Crippen molar-refractivity contribution >= 4 is 16.0 Å². The Morgan fingerprint density at radius 3 is 2.56 bits per heavy atom. The van der Waals surface area contributed by atoms with Gasteiger partial charge in [-0.1, -0.05) is 12.1 Å². The van der Waals surface area contributed by atoms with Crippen LogP contribution in [-0.2, 0) is 26.2 Å². The Labute approximate surface area is 142 Å². The number of sulfonamides is 1. The molecule has 1 aromatic rings. The fourth-order valence-electron chi connectivity index (χ4n) is 1.72. The molecule has 6 nitrogen and oxygen atoms in total. The first-order chi connectivity index (χ1) is 11.5. The SMILES string of the molecule is CN(CCC(=O)O)S(=O)(=O)c1cccc(COCC(F)(F)C(F)F)c1. The smallest absolute Gasteiger partial charge is 0.330 e. The number of ether oxygens (including phenoxy) is 1. The molecule has 0 aromatic heterocycles. The molecule has 0 heterocycles. The van der Waals surface area contributed by atoms with Crippen molar-refractivity contribution in [1.29, 1.82) is 0 Å². The number of alkyl halides is 4. The zero-order valence-electron chi connectivity index (χ0n) is 13.2. The first-order valence-corrected chi connectivity index (χ1v) is 8.41. The van der Waals surface area contributed by atoms with E-state index in [1.165, 1.54) is 25.2 Å². The number of rotatable bonds is 10. The largest absolute Gasteiger partial charge is 0.481 e. The molecule has 25 heavy (non-hydrogen) atoms. The summed E-state index contributed by atoms with van der Waals surface area (Å²) in [5.41, 5.74) is 0.192. The summed E-state index contributed by atoms with van der Waals surface area (Å²) >= 11 is 0.